The van der Waals surface area contributed by atoms with Gasteiger partial charge in [0.15, 0.2) is 5.16 Å². The smallest absolute Gasteiger partial charge is 0.282 e. The fourth-order valence-electron chi connectivity index (χ4n) is 2.16. The number of fused-ring (bicyclic) bond motifs is 1. The van der Waals surface area contributed by atoms with E-state index in [1.54, 1.807) is 0 Å². The summed E-state index contributed by atoms with van der Waals surface area (Å²) in [6.45, 7) is 4.26. The number of thioether (sulfide) groups is 1. The van der Waals surface area contributed by atoms with Gasteiger partial charge >= 0.3 is 0 Å². The van der Waals surface area contributed by atoms with Crippen molar-refractivity contribution in [2.24, 2.45) is 5.92 Å². The van der Waals surface area contributed by atoms with E-state index in [0.29, 0.717) is 16.5 Å². The van der Waals surface area contributed by atoms with Gasteiger partial charge in [-0.2, -0.15) is 0 Å². The quantitative estimate of drug-likeness (QED) is 0.451. The maximum absolute atomic E-state index is 12.6. The number of thiophene rings is 1. The lowest BCUT2D eigenvalue weighted by Crippen LogP contribution is -2.29. The standard InChI is InChI=1S/C16H17N3OS2/c1-10(2)8-22-16-18-14-13(15(20)19(16)17)12(9-21-14)11-6-4-3-5-7-11/h3-7,9-10H,8,17H2,1-2H3. The van der Waals surface area contributed by atoms with E-state index in [0.717, 1.165) is 21.7 Å². The van der Waals surface area contributed by atoms with E-state index in [1.807, 2.05) is 35.7 Å². The van der Waals surface area contributed by atoms with Crippen LogP contribution in [0.25, 0.3) is 21.3 Å². The molecule has 0 saturated heterocycles. The van der Waals surface area contributed by atoms with Crippen LogP contribution in [0, 0.1) is 5.92 Å². The molecule has 0 aliphatic rings. The van der Waals surface area contributed by atoms with Crippen molar-refractivity contribution in [3.63, 3.8) is 0 Å². The van der Waals surface area contributed by atoms with Crippen molar-refractivity contribution in [3.05, 3.63) is 46.1 Å². The Morgan fingerprint density at radius 2 is 2.05 bits per heavy atom. The lowest BCUT2D eigenvalue weighted by molar-refractivity contribution is 0.737. The first-order valence-electron chi connectivity index (χ1n) is 7.05. The molecule has 3 aromatic rings. The fourth-order valence-corrected chi connectivity index (χ4v) is 4.01. The third-order valence-corrected chi connectivity index (χ3v) is 5.49. The number of rotatable bonds is 4. The van der Waals surface area contributed by atoms with E-state index < -0.39 is 0 Å². The Hall–Kier alpha value is -1.79. The van der Waals surface area contributed by atoms with Crippen molar-refractivity contribution in [2.45, 2.75) is 19.0 Å². The molecule has 4 nitrogen and oxygen atoms in total. The van der Waals surface area contributed by atoms with Gasteiger partial charge in [-0.1, -0.05) is 55.9 Å². The molecular formula is C16H17N3OS2. The van der Waals surface area contributed by atoms with Crippen molar-refractivity contribution in [3.8, 4) is 11.1 Å². The second-order valence-corrected chi connectivity index (χ2v) is 7.32. The molecule has 0 fully saturated rings. The van der Waals surface area contributed by atoms with Gasteiger partial charge in [0.05, 0.1) is 5.39 Å². The molecule has 0 radical (unpaired) electrons. The van der Waals surface area contributed by atoms with Crippen LogP contribution < -0.4 is 11.4 Å². The minimum Gasteiger partial charge on any atom is -0.334 e. The summed E-state index contributed by atoms with van der Waals surface area (Å²) in [6, 6.07) is 9.85. The van der Waals surface area contributed by atoms with Crippen molar-refractivity contribution in [1.29, 1.82) is 0 Å². The van der Waals surface area contributed by atoms with Crippen LogP contribution in [0.4, 0.5) is 0 Å². The zero-order valence-corrected chi connectivity index (χ0v) is 14.1. The van der Waals surface area contributed by atoms with E-state index >= 15 is 0 Å². The van der Waals surface area contributed by atoms with E-state index in [2.05, 4.69) is 18.8 Å². The number of nitrogens with two attached hydrogens (primary N) is 1. The molecule has 0 aliphatic heterocycles. The van der Waals surface area contributed by atoms with Crippen molar-refractivity contribution < 1.29 is 0 Å². The van der Waals surface area contributed by atoms with Gasteiger partial charge in [0.2, 0.25) is 0 Å². The van der Waals surface area contributed by atoms with Crippen molar-refractivity contribution in [2.75, 3.05) is 11.6 Å². The van der Waals surface area contributed by atoms with Gasteiger partial charge < -0.3 is 5.84 Å². The molecule has 0 spiro atoms. The SMILES string of the molecule is CC(C)CSc1nc2scc(-c3ccccc3)c2c(=O)n1N. The number of nitrogens with zero attached hydrogens (tertiary/aromatic N) is 2. The third-order valence-electron chi connectivity index (χ3n) is 3.24. The number of nitrogen functional groups attached to an aromatic ring is 1. The molecule has 1 aromatic carbocycles. The first kappa shape index (κ1) is 15.1. The maximum atomic E-state index is 12.6. The summed E-state index contributed by atoms with van der Waals surface area (Å²) in [5.74, 6) is 7.36. The molecule has 0 aliphatic carbocycles. The summed E-state index contributed by atoms with van der Waals surface area (Å²) in [7, 11) is 0. The average Bonchev–Trinajstić information content (AvgIpc) is 2.94. The number of aromatic nitrogens is 2. The van der Waals surface area contributed by atoms with Gasteiger partial charge in [0.1, 0.15) is 4.83 Å². The molecule has 0 atom stereocenters. The summed E-state index contributed by atoms with van der Waals surface area (Å²) in [4.78, 5) is 18.0. The predicted molar refractivity (Wildman–Crippen MR) is 95.0 cm³/mol. The van der Waals surface area contributed by atoms with Crippen molar-refractivity contribution in [1.82, 2.24) is 9.66 Å². The molecule has 114 valence electrons. The summed E-state index contributed by atoms with van der Waals surface area (Å²) >= 11 is 3.01. The van der Waals surface area contributed by atoms with Gasteiger partial charge in [-0.25, -0.2) is 9.66 Å². The van der Waals surface area contributed by atoms with Crippen molar-refractivity contribution >= 4 is 33.3 Å². The van der Waals surface area contributed by atoms with Crippen LogP contribution in [0.3, 0.4) is 0 Å². The minimum atomic E-state index is -0.184. The number of hydrogen-bond acceptors (Lipinski definition) is 5. The van der Waals surface area contributed by atoms with Gasteiger partial charge in [0.25, 0.3) is 5.56 Å². The highest BCUT2D eigenvalue weighted by molar-refractivity contribution is 7.99. The summed E-state index contributed by atoms with van der Waals surface area (Å²) < 4.78 is 1.18. The van der Waals surface area contributed by atoms with Crippen LogP contribution in [0.15, 0.2) is 45.7 Å². The average molecular weight is 331 g/mol. The molecule has 6 heteroatoms. The summed E-state index contributed by atoms with van der Waals surface area (Å²) in [5, 5.41) is 3.16. The Labute approximate surface area is 137 Å². The molecule has 0 unspecified atom stereocenters. The fraction of sp³-hybridized carbons (Fsp3) is 0.250. The lowest BCUT2D eigenvalue weighted by Gasteiger charge is -2.08. The molecule has 22 heavy (non-hydrogen) atoms. The van der Waals surface area contributed by atoms with Crippen LogP contribution in [0.5, 0.6) is 0 Å². The van der Waals surface area contributed by atoms with Crippen LogP contribution in [-0.2, 0) is 0 Å². The largest absolute Gasteiger partial charge is 0.334 e. The number of hydrogen-bond donors (Lipinski definition) is 1. The second kappa shape index (κ2) is 6.14. The highest BCUT2D eigenvalue weighted by Crippen LogP contribution is 2.31. The third kappa shape index (κ3) is 2.76. The van der Waals surface area contributed by atoms with E-state index in [1.165, 1.54) is 27.8 Å². The maximum Gasteiger partial charge on any atom is 0.282 e. The molecule has 2 aromatic heterocycles. The second-order valence-electron chi connectivity index (χ2n) is 5.47. The monoisotopic (exact) mass is 331 g/mol. The highest BCUT2D eigenvalue weighted by atomic mass is 32.2. The Kier molecular flexibility index (Phi) is 4.22. The van der Waals surface area contributed by atoms with Crippen LogP contribution in [0.2, 0.25) is 0 Å². The topological polar surface area (TPSA) is 60.9 Å². The molecule has 2 N–H and O–H groups in total. The lowest BCUT2D eigenvalue weighted by atomic mass is 10.1. The first-order valence-corrected chi connectivity index (χ1v) is 8.92. The van der Waals surface area contributed by atoms with E-state index in [9.17, 15) is 4.79 Å². The summed E-state index contributed by atoms with van der Waals surface area (Å²) in [5.41, 5.74) is 1.73. The predicted octanol–water partition coefficient (Wildman–Crippen LogP) is 3.59. The minimum absolute atomic E-state index is 0.184. The Morgan fingerprint density at radius 3 is 2.73 bits per heavy atom. The first-order chi connectivity index (χ1) is 10.6. The highest BCUT2D eigenvalue weighted by Gasteiger charge is 2.16. The van der Waals surface area contributed by atoms with Crippen LogP contribution in [-0.4, -0.2) is 15.4 Å². The summed E-state index contributed by atoms with van der Waals surface area (Å²) in [6.07, 6.45) is 0. The van der Waals surface area contributed by atoms with Gasteiger partial charge in [-0.3, -0.25) is 4.79 Å². The van der Waals surface area contributed by atoms with Crippen LogP contribution in [0.1, 0.15) is 13.8 Å². The van der Waals surface area contributed by atoms with E-state index in [-0.39, 0.29) is 5.56 Å². The zero-order valence-electron chi connectivity index (χ0n) is 12.4. The van der Waals surface area contributed by atoms with Crippen LogP contribution >= 0.6 is 23.1 Å². The zero-order chi connectivity index (χ0) is 15.7. The molecule has 2 heterocycles. The molecule has 3 rings (SSSR count). The number of benzene rings is 1. The molecule has 0 saturated carbocycles. The normalized spacial score (nSPS) is 11.4. The molecule has 0 amide bonds. The Morgan fingerprint density at radius 1 is 1.32 bits per heavy atom. The van der Waals surface area contributed by atoms with Gasteiger partial charge in [0, 0.05) is 16.7 Å². The molecule has 0 bridgehead atoms. The molecular weight excluding hydrogens is 314 g/mol. The van der Waals surface area contributed by atoms with Gasteiger partial charge in [-0.05, 0) is 11.5 Å². The Balaban J connectivity index is 2.13. The van der Waals surface area contributed by atoms with Gasteiger partial charge in [-0.15, -0.1) is 11.3 Å². The van der Waals surface area contributed by atoms with E-state index in [4.69, 9.17) is 5.84 Å². The Bertz CT molecular complexity index is 853.